The Hall–Kier alpha value is -4.44. The molecule has 0 spiro atoms. The number of carbonyl (C=O) groups excluding carboxylic acids is 4. The maximum absolute atomic E-state index is 13.6. The van der Waals surface area contributed by atoms with Gasteiger partial charge in [0.1, 0.15) is 19.3 Å². The van der Waals surface area contributed by atoms with Crippen molar-refractivity contribution >= 4 is 23.9 Å². The predicted molar refractivity (Wildman–Crippen MR) is 166 cm³/mol. The third-order valence-electron chi connectivity index (χ3n) is 7.41. The van der Waals surface area contributed by atoms with Crippen molar-refractivity contribution < 1.29 is 33.8 Å². The van der Waals surface area contributed by atoms with Gasteiger partial charge in [-0.1, -0.05) is 72.8 Å². The molecule has 3 N–H and O–H groups in total. The van der Waals surface area contributed by atoms with Crippen LogP contribution in [0.3, 0.4) is 0 Å². The third-order valence-corrected chi connectivity index (χ3v) is 7.41. The highest BCUT2D eigenvalue weighted by atomic mass is 16.6. The number of ether oxygens (including phenoxy) is 2. The summed E-state index contributed by atoms with van der Waals surface area (Å²) in [4.78, 5) is 53.3. The molecule has 0 bridgehead atoms. The van der Waals surface area contributed by atoms with Crippen LogP contribution in [0.2, 0.25) is 0 Å². The monoisotopic (exact) mass is 605 g/mol. The van der Waals surface area contributed by atoms with Gasteiger partial charge in [0.2, 0.25) is 11.8 Å². The van der Waals surface area contributed by atoms with Crippen LogP contribution in [-0.4, -0.2) is 71.8 Å². The second-order valence-corrected chi connectivity index (χ2v) is 10.8. The topological polar surface area (TPSA) is 134 Å². The molecule has 2 aromatic carbocycles. The highest BCUT2D eigenvalue weighted by molar-refractivity contribution is 5.86. The lowest BCUT2D eigenvalue weighted by Crippen LogP contribution is -2.46. The van der Waals surface area contributed by atoms with Gasteiger partial charge in [-0.25, -0.2) is 9.59 Å². The van der Waals surface area contributed by atoms with Gasteiger partial charge in [-0.15, -0.1) is 13.2 Å². The molecule has 0 unspecified atom stereocenters. The van der Waals surface area contributed by atoms with Crippen molar-refractivity contribution in [1.82, 2.24) is 15.5 Å². The normalized spacial score (nSPS) is 16.2. The van der Waals surface area contributed by atoms with Crippen LogP contribution in [0.1, 0.15) is 43.2 Å². The summed E-state index contributed by atoms with van der Waals surface area (Å²) < 4.78 is 10.8. The highest BCUT2D eigenvalue weighted by Crippen LogP contribution is 2.24. The number of alkyl carbamates (subject to hydrolysis) is 1. The van der Waals surface area contributed by atoms with E-state index in [4.69, 9.17) is 9.47 Å². The minimum atomic E-state index is -0.992. The molecule has 0 aromatic heterocycles. The van der Waals surface area contributed by atoms with Crippen molar-refractivity contribution in [2.24, 2.45) is 5.92 Å². The fourth-order valence-electron chi connectivity index (χ4n) is 5.14. The fraction of sp³-hybridized carbons (Fsp3) is 0.412. The quantitative estimate of drug-likeness (QED) is 0.185. The van der Waals surface area contributed by atoms with E-state index < -0.39 is 30.1 Å². The molecule has 3 amide bonds. The van der Waals surface area contributed by atoms with Crippen LogP contribution >= 0.6 is 0 Å². The van der Waals surface area contributed by atoms with E-state index in [0.29, 0.717) is 25.8 Å². The van der Waals surface area contributed by atoms with Crippen LogP contribution in [0.4, 0.5) is 4.79 Å². The first kappa shape index (κ1) is 34.1. The summed E-state index contributed by atoms with van der Waals surface area (Å²) in [5, 5.41) is 15.2. The van der Waals surface area contributed by atoms with Gasteiger partial charge >= 0.3 is 12.1 Å². The molecule has 10 nitrogen and oxygen atoms in total. The molecule has 10 heteroatoms. The summed E-state index contributed by atoms with van der Waals surface area (Å²) >= 11 is 0. The van der Waals surface area contributed by atoms with Gasteiger partial charge < -0.3 is 30.1 Å². The van der Waals surface area contributed by atoms with Gasteiger partial charge in [-0.2, -0.15) is 0 Å². The van der Waals surface area contributed by atoms with Crippen molar-refractivity contribution in [3.05, 3.63) is 97.1 Å². The second-order valence-electron chi connectivity index (χ2n) is 10.8. The van der Waals surface area contributed by atoms with E-state index in [1.165, 1.54) is 6.08 Å². The van der Waals surface area contributed by atoms with Gasteiger partial charge in [0.15, 0.2) is 0 Å². The molecule has 1 aliphatic heterocycles. The number of benzene rings is 2. The number of aliphatic hydroxyl groups excluding tert-OH is 1. The number of likely N-dealkylation sites (tertiary alicyclic amines) is 1. The van der Waals surface area contributed by atoms with E-state index in [2.05, 4.69) is 23.8 Å². The number of nitrogens with zero attached hydrogens (tertiary/aromatic N) is 1. The zero-order chi connectivity index (χ0) is 31.7. The first-order valence-corrected chi connectivity index (χ1v) is 14.9. The predicted octanol–water partition coefficient (Wildman–Crippen LogP) is 3.69. The maximum atomic E-state index is 13.6. The smallest absolute Gasteiger partial charge is 0.408 e. The summed E-state index contributed by atoms with van der Waals surface area (Å²) in [6, 6.07) is 16.9. The van der Waals surface area contributed by atoms with E-state index in [1.807, 2.05) is 60.7 Å². The van der Waals surface area contributed by atoms with Gasteiger partial charge in [0.25, 0.3) is 0 Å². The van der Waals surface area contributed by atoms with Crippen molar-refractivity contribution in [1.29, 1.82) is 0 Å². The largest absolute Gasteiger partial charge is 0.462 e. The summed E-state index contributed by atoms with van der Waals surface area (Å²) in [5.74, 6) is -1.85. The molecular weight excluding hydrogens is 562 g/mol. The van der Waals surface area contributed by atoms with Gasteiger partial charge in [-0.3, -0.25) is 9.59 Å². The van der Waals surface area contributed by atoms with Crippen molar-refractivity contribution in [3.8, 4) is 0 Å². The van der Waals surface area contributed by atoms with Crippen molar-refractivity contribution in [2.45, 2.75) is 63.3 Å². The Labute approximate surface area is 259 Å². The Balaban J connectivity index is 1.52. The molecule has 1 saturated heterocycles. The number of hydrogen-bond donors (Lipinski definition) is 3. The molecule has 0 radical (unpaired) electrons. The number of rotatable bonds is 17. The van der Waals surface area contributed by atoms with Crippen LogP contribution < -0.4 is 10.6 Å². The summed E-state index contributed by atoms with van der Waals surface area (Å²) in [6.07, 6.45) is 4.56. The Bertz CT molecular complexity index is 1240. The van der Waals surface area contributed by atoms with Crippen LogP contribution in [0.15, 0.2) is 86.0 Å². The lowest BCUT2D eigenvalue weighted by Gasteiger charge is -2.29. The Morgan fingerprint density at radius 3 is 2.23 bits per heavy atom. The molecule has 1 heterocycles. The number of aliphatic hydroxyl groups is 1. The lowest BCUT2D eigenvalue weighted by atomic mass is 9.98. The van der Waals surface area contributed by atoms with Crippen molar-refractivity contribution in [2.75, 3.05) is 19.8 Å². The van der Waals surface area contributed by atoms with Crippen molar-refractivity contribution in [3.63, 3.8) is 0 Å². The summed E-state index contributed by atoms with van der Waals surface area (Å²) in [5.41, 5.74) is 1.79. The Morgan fingerprint density at radius 1 is 0.932 bits per heavy atom. The standard InChI is InChI=1S/C34H43N3O7/c1-3-12-27(21-31(39)35-28(22-38)20-25-14-7-5-8-15-25)32(40)37-19-11-18-29(37)24-43-33(41)30(13-4-2)36-34(42)44-23-26-16-9-6-10-17-26/h3-10,14-17,27-30,38H,1-2,11-13,18-24H2,(H,35,39)(H,36,42)/t27-,28-,29+,30-/m1/s1. The first-order valence-electron chi connectivity index (χ1n) is 14.9. The molecule has 3 rings (SSSR count). The summed E-state index contributed by atoms with van der Waals surface area (Å²) in [6.45, 7) is 7.66. The second kappa shape index (κ2) is 18.3. The van der Waals surface area contributed by atoms with Gasteiger partial charge in [0, 0.05) is 13.0 Å². The van der Waals surface area contributed by atoms with Gasteiger partial charge in [-0.05, 0) is 43.2 Å². The molecule has 1 aliphatic rings. The zero-order valence-electron chi connectivity index (χ0n) is 25.1. The average Bonchev–Trinajstić information content (AvgIpc) is 3.51. The van der Waals surface area contributed by atoms with E-state index in [-0.39, 0.29) is 50.5 Å². The highest BCUT2D eigenvalue weighted by Gasteiger charge is 2.35. The number of nitrogens with one attached hydrogen (secondary N) is 2. The maximum Gasteiger partial charge on any atom is 0.408 e. The molecule has 44 heavy (non-hydrogen) atoms. The molecular formula is C34H43N3O7. The average molecular weight is 606 g/mol. The summed E-state index contributed by atoms with van der Waals surface area (Å²) in [7, 11) is 0. The number of carbonyl (C=O) groups is 4. The SMILES string of the molecule is C=CC[C@H](CC(=O)N[C@@H](CO)Cc1ccccc1)C(=O)N1CCC[C@H]1COC(=O)[C@@H](CC=C)NC(=O)OCc1ccccc1. The molecule has 1 fully saturated rings. The minimum Gasteiger partial charge on any atom is -0.462 e. The van der Waals surface area contributed by atoms with Crippen LogP contribution in [0, 0.1) is 5.92 Å². The van der Waals surface area contributed by atoms with E-state index >= 15 is 0 Å². The number of amides is 3. The number of esters is 1. The molecule has 4 atom stereocenters. The lowest BCUT2D eigenvalue weighted by molar-refractivity contribution is -0.150. The molecule has 236 valence electrons. The van der Waals surface area contributed by atoms with Crippen LogP contribution in [0.25, 0.3) is 0 Å². The van der Waals surface area contributed by atoms with Gasteiger partial charge in [0.05, 0.1) is 24.6 Å². The number of allylic oxidation sites excluding steroid dienone is 1. The minimum absolute atomic E-state index is 0.0460. The van der Waals surface area contributed by atoms with E-state index in [9.17, 15) is 24.3 Å². The van der Waals surface area contributed by atoms with E-state index in [0.717, 1.165) is 17.5 Å². The van der Waals surface area contributed by atoms with Crippen LogP contribution in [0.5, 0.6) is 0 Å². The van der Waals surface area contributed by atoms with E-state index in [1.54, 1.807) is 11.0 Å². The Kier molecular flexibility index (Phi) is 14.1. The molecule has 0 aliphatic carbocycles. The Morgan fingerprint density at radius 2 is 1.59 bits per heavy atom. The zero-order valence-corrected chi connectivity index (χ0v) is 25.1. The fourth-order valence-corrected chi connectivity index (χ4v) is 5.14. The first-order chi connectivity index (χ1) is 21.3. The number of hydrogen-bond acceptors (Lipinski definition) is 7. The molecule has 2 aromatic rings. The van der Waals surface area contributed by atoms with Crippen LogP contribution in [-0.2, 0) is 36.9 Å². The third kappa shape index (κ3) is 11.0. The molecule has 0 saturated carbocycles.